The predicted molar refractivity (Wildman–Crippen MR) is 90.5 cm³/mol. The average molecular weight is 292 g/mol. The minimum atomic E-state index is 0.698. The van der Waals surface area contributed by atoms with Crippen LogP contribution in [0.25, 0.3) is 0 Å². The lowest BCUT2D eigenvalue weighted by molar-refractivity contribution is 0.295. The van der Waals surface area contributed by atoms with Gasteiger partial charge in [-0.05, 0) is 57.2 Å². The van der Waals surface area contributed by atoms with Gasteiger partial charge in [-0.1, -0.05) is 38.0 Å². The second-order valence-electron chi connectivity index (χ2n) is 6.12. The van der Waals surface area contributed by atoms with Crippen LogP contribution in [0.1, 0.15) is 51.5 Å². The van der Waals surface area contributed by atoms with Crippen LogP contribution in [0.15, 0.2) is 29.2 Å². The molecule has 0 heterocycles. The molecule has 20 heavy (non-hydrogen) atoms. The van der Waals surface area contributed by atoms with Crippen molar-refractivity contribution in [3.05, 3.63) is 29.8 Å². The first-order valence-electron chi connectivity index (χ1n) is 8.19. The smallest absolute Gasteiger partial charge is 0.0251 e. The van der Waals surface area contributed by atoms with Crippen LogP contribution in [-0.4, -0.2) is 17.8 Å². The molecule has 2 heteroatoms. The number of hydrogen-bond donors (Lipinski definition) is 1. The van der Waals surface area contributed by atoms with Gasteiger partial charge in [-0.15, -0.1) is 11.8 Å². The van der Waals surface area contributed by atoms with E-state index in [1.165, 1.54) is 42.6 Å². The van der Waals surface area contributed by atoms with E-state index in [9.17, 15) is 0 Å². The minimum Gasteiger partial charge on any atom is -0.313 e. The third kappa shape index (κ3) is 4.53. The van der Waals surface area contributed by atoms with Crippen molar-refractivity contribution in [2.75, 3.05) is 6.54 Å². The maximum Gasteiger partial charge on any atom is 0.0251 e. The molecule has 0 aliphatic heterocycles. The first-order valence-corrected chi connectivity index (χ1v) is 9.07. The maximum atomic E-state index is 3.78. The van der Waals surface area contributed by atoms with Crippen molar-refractivity contribution in [3.63, 3.8) is 0 Å². The van der Waals surface area contributed by atoms with Gasteiger partial charge in [-0.25, -0.2) is 0 Å². The number of thioether (sulfide) groups is 1. The Labute approximate surface area is 128 Å². The average Bonchev–Trinajstić information content (AvgIpc) is 2.48. The minimum absolute atomic E-state index is 0.698. The lowest BCUT2D eigenvalue weighted by atomic mass is 9.84. The molecule has 112 valence electrons. The summed E-state index contributed by atoms with van der Waals surface area (Å²) in [5.41, 5.74) is 1.35. The maximum absolute atomic E-state index is 3.78. The Bertz CT molecular complexity index is 387. The molecule has 1 aromatic rings. The SMILES string of the molecule is CCCNC1CCC(CC)CC1Sc1ccc(C)cc1. The first-order chi connectivity index (χ1) is 9.72. The van der Waals surface area contributed by atoms with Gasteiger partial charge in [0.15, 0.2) is 0 Å². The topological polar surface area (TPSA) is 12.0 Å². The van der Waals surface area contributed by atoms with Gasteiger partial charge in [-0.3, -0.25) is 0 Å². The first kappa shape index (κ1) is 15.9. The molecule has 1 N–H and O–H groups in total. The van der Waals surface area contributed by atoms with Crippen molar-refractivity contribution < 1.29 is 0 Å². The Balaban J connectivity index is 2.00. The van der Waals surface area contributed by atoms with E-state index in [0.29, 0.717) is 6.04 Å². The zero-order chi connectivity index (χ0) is 14.4. The van der Waals surface area contributed by atoms with Crippen LogP contribution in [0.5, 0.6) is 0 Å². The van der Waals surface area contributed by atoms with Gasteiger partial charge in [0.2, 0.25) is 0 Å². The Morgan fingerprint density at radius 1 is 1.15 bits per heavy atom. The molecule has 1 aliphatic carbocycles. The lowest BCUT2D eigenvalue weighted by Gasteiger charge is -2.36. The molecule has 1 fully saturated rings. The predicted octanol–water partition coefficient (Wildman–Crippen LogP) is 5.03. The quantitative estimate of drug-likeness (QED) is 0.788. The van der Waals surface area contributed by atoms with Crippen molar-refractivity contribution in [2.45, 2.75) is 69.1 Å². The molecular formula is C18H29NS. The van der Waals surface area contributed by atoms with E-state index in [-0.39, 0.29) is 0 Å². The van der Waals surface area contributed by atoms with E-state index < -0.39 is 0 Å². The highest BCUT2D eigenvalue weighted by atomic mass is 32.2. The lowest BCUT2D eigenvalue weighted by Crippen LogP contribution is -2.42. The molecule has 3 unspecified atom stereocenters. The van der Waals surface area contributed by atoms with Crippen LogP contribution < -0.4 is 5.32 Å². The van der Waals surface area contributed by atoms with Crippen molar-refractivity contribution in [1.29, 1.82) is 0 Å². The number of benzene rings is 1. The van der Waals surface area contributed by atoms with E-state index in [1.807, 2.05) is 0 Å². The summed E-state index contributed by atoms with van der Waals surface area (Å²) in [5, 5.41) is 4.52. The van der Waals surface area contributed by atoms with Gasteiger partial charge in [0.1, 0.15) is 0 Å². The number of hydrogen-bond acceptors (Lipinski definition) is 2. The molecular weight excluding hydrogens is 262 g/mol. The van der Waals surface area contributed by atoms with Crippen LogP contribution in [0.4, 0.5) is 0 Å². The monoisotopic (exact) mass is 291 g/mol. The van der Waals surface area contributed by atoms with E-state index >= 15 is 0 Å². The standard InChI is InChI=1S/C18H29NS/c1-4-12-19-17-11-8-15(5-2)13-18(17)20-16-9-6-14(3)7-10-16/h6-7,9-10,15,17-19H,4-5,8,11-13H2,1-3H3. The van der Waals surface area contributed by atoms with Crippen LogP contribution in [0.3, 0.4) is 0 Å². The number of rotatable bonds is 6. The molecule has 0 radical (unpaired) electrons. The normalized spacial score (nSPS) is 26.6. The second-order valence-corrected chi connectivity index (χ2v) is 7.43. The van der Waals surface area contributed by atoms with Crippen LogP contribution >= 0.6 is 11.8 Å². The van der Waals surface area contributed by atoms with Crippen molar-refractivity contribution in [1.82, 2.24) is 5.32 Å². The summed E-state index contributed by atoms with van der Waals surface area (Å²) in [5.74, 6) is 0.928. The molecule has 1 saturated carbocycles. The summed E-state index contributed by atoms with van der Waals surface area (Å²) in [6, 6.07) is 9.73. The van der Waals surface area contributed by atoms with Crippen molar-refractivity contribution in [2.24, 2.45) is 5.92 Å². The summed E-state index contributed by atoms with van der Waals surface area (Å²) in [7, 11) is 0. The van der Waals surface area contributed by atoms with Gasteiger partial charge in [0.05, 0.1) is 0 Å². The van der Waals surface area contributed by atoms with Crippen molar-refractivity contribution in [3.8, 4) is 0 Å². The summed E-state index contributed by atoms with van der Waals surface area (Å²) < 4.78 is 0. The zero-order valence-electron chi connectivity index (χ0n) is 13.2. The molecule has 0 amide bonds. The summed E-state index contributed by atoms with van der Waals surface area (Å²) in [6.45, 7) is 7.92. The summed E-state index contributed by atoms with van der Waals surface area (Å²) in [4.78, 5) is 1.43. The molecule has 0 saturated heterocycles. The van der Waals surface area contributed by atoms with E-state index in [4.69, 9.17) is 0 Å². The number of nitrogens with one attached hydrogen (secondary N) is 1. The zero-order valence-corrected chi connectivity index (χ0v) is 14.0. The molecule has 1 aromatic carbocycles. The molecule has 1 nitrogen and oxygen atoms in total. The highest BCUT2D eigenvalue weighted by molar-refractivity contribution is 8.00. The van der Waals surface area contributed by atoms with Gasteiger partial charge >= 0.3 is 0 Å². The fourth-order valence-corrected chi connectivity index (χ4v) is 4.48. The Morgan fingerprint density at radius 3 is 2.55 bits per heavy atom. The Kier molecular flexibility index (Phi) is 6.44. The van der Waals surface area contributed by atoms with Crippen LogP contribution in [0.2, 0.25) is 0 Å². The fraction of sp³-hybridized carbons (Fsp3) is 0.667. The molecule has 1 aliphatic rings. The third-order valence-corrected chi connectivity index (χ3v) is 5.81. The molecule has 2 rings (SSSR count). The Morgan fingerprint density at radius 2 is 1.90 bits per heavy atom. The summed E-state index contributed by atoms with van der Waals surface area (Å²) in [6.07, 6.45) is 6.70. The van der Waals surface area contributed by atoms with Gasteiger partial charge in [-0.2, -0.15) is 0 Å². The highest BCUT2D eigenvalue weighted by Gasteiger charge is 2.29. The van der Waals surface area contributed by atoms with E-state index in [2.05, 4.69) is 62.1 Å². The molecule has 0 spiro atoms. The second kappa shape index (κ2) is 8.09. The largest absolute Gasteiger partial charge is 0.313 e. The van der Waals surface area contributed by atoms with Gasteiger partial charge in [0.25, 0.3) is 0 Å². The van der Waals surface area contributed by atoms with Crippen LogP contribution in [-0.2, 0) is 0 Å². The van der Waals surface area contributed by atoms with E-state index in [1.54, 1.807) is 0 Å². The highest BCUT2D eigenvalue weighted by Crippen LogP contribution is 2.37. The van der Waals surface area contributed by atoms with Crippen LogP contribution in [0, 0.1) is 12.8 Å². The fourth-order valence-electron chi connectivity index (χ4n) is 3.07. The molecule has 3 atom stereocenters. The third-order valence-electron chi connectivity index (χ3n) is 4.44. The van der Waals surface area contributed by atoms with E-state index in [0.717, 1.165) is 17.7 Å². The van der Waals surface area contributed by atoms with Crippen molar-refractivity contribution >= 4 is 11.8 Å². The summed E-state index contributed by atoms with van der Waals surface area (Å²) >= 11 is 2.09. The Hall–Kier alpha value is -0.470. The van der Waals surface area contributed by atoms with Gasteiger partial charge in [0, 0.05) is 16.2 Å². The molecule has 0 aromatic heterocycles. The molecule has 0 bridgehead atoms. The number of aryl methyl sites for hydroxylation is 1. The van der Waals surface area contributed by atoms with Gasteiger partial charge < -0.3 is 5.32 Å².